The van der Waals surface area contributed by atoms with Gasteiger partial charge in [-0.05, 0) is 29.8 Å². The van der Waals surface area contributed by atoms with E-state index < -0.39 is 17.7 Å². The van der Waals surface area contributed by atoms with Crippen molar-refractivity contribution in [3.8, 4) is 11.3 Å². The van der Waals surface area contributed by atoms with Crippen LogP contribution in [0.3, 0.4) is 0 Å². The van der Waals surface area contributed by atoms with E-state index in [1.54, 1.807) is 24.3 Å². The number of aryl methyl sites for hydroxylation is 1. The summed E-state index contributed by atoms with van der Waals surface area (Å²) in [5.41, 5.74) is 6.54. The Bertz CT molecular complexity index is 1020. The average molecular weight is 400 g/mol. The molecule has 0 aliphatic carbocycles. The molecule has 0 aliphatic rings. The second-order valence-electron chi connectivity index (χ2n) is 6.21. The summed E-state index contributed by atoms with van der Waals surface area (Å²) in [6.45, 7) is 0.313. The topological polar surface area (TPSA) is 110 Å². The van der Waals surface area contributed by atoms with Gasteiger partial charge in [-0.15, -0.1) is 0 Å². The number of primary amides is 1. The summed E-state index contributed by atoms with van der Waals surface area (Å²) in [6, 6.07) is 9.37. The summed E-state index contributed by atoms with van der Waals surface area (Å²) in [4.78, 5) is 26.8. The van der Waals surface area contributed by atoms with Gasteiger partial charge in [-0.3, -0.25) is 4.79 Å². The highest BCUT2D eigenvalue weighted by molar-refractivity contribution is 5.87. The molecule has 0 spiro atoms. The fourth-order valence-corrected chi connectivity index (χ4v) is 2.60. The Labute approximate surface area is 164 Å². The molecule has 1 aromatic heterocycles. The third-order valence-electron chi connectivity index (χ3n) is 4.03. The van der Waals surface area contributed by atoms with Crippen molar-refractivity contribution in [2.75, 3.05) is 5.32 Å². The second kappa shape index (κ2) is 8.96. The third-order valence-corrected chi connectivity index (χ3v) is 4.03. The summed E-state index contributed by atoms with van der Waals surface area (Å²) in [5, 5.41) is 5.21. The molecule has 3 amide bonds. The molecule has 1 heterocycles. The summed E-state index contributed by atoms with van der Waals surface area (Å²) < 4.78 is 32.2. The number of rotatable bonds is 7. The lowest BCUT2D eigenvalue weighted by Gasteiger charge is -2.06. The van der Waals surface area contributed by atoms with Gasteiger partial charge in [-0.25, -0.2) is 18.6 Å². The molecular formula is C20H18F2N4O3. The van der Waals surface area contributed by atoms with Crippen molar-refractivity contribution in [3.63, 3.8) is 0 Å². The number of aromatic nitrogens is 1. The number of oxazole rings is 1. The first-order valence-corrected chi connectivity index (χ1v) is 8.73. The van der Waals surface area contributed by atoms with Gasteiger partial charge in [0.25, 0.3) is 0 Å². The zero-order valence-electron chi connectivity index (χ0n) is 15.2. The van der Waals surface area contributed by atoms with Crippen LogP contribution in [0.5, 0.6) is 0 Å². The predicted octanol–water partition coefficient (Wildman–Crippen LogP) is 3.36. The maximum absolute atomic E-state index is 13.8. The highest BCUT2D eigenvalue weighted by Gasteiger charge is 2.13. The van der Waals surface area contributed by atoms with Gasteiger partial charge < -0.3 is 20.8 Å². The molecule has 150 valence electrons. The quantitative estimate of drug-likeness (QED) is 0.565. The molecule has 3 rings (SSSR count). The Hall–Kier alpha value is -3.75. The summed E-state index contributed by atoms with van der Waals surface area (Å²) >= 11 is 0. The Morgan fingerprint density at radius 3 is 2.55 bits per heavy atom. The first-order chi connectivity index (χ1) is 13.9. The van der Waals surface area contributed by atoms with Crippen LogP contribution in [0.4, 0.5) is 19.3 Å². The second-order valence-corrected chi connectivity index (χ2v) is 6.21. The Morgan fingerprint density at radius 1 is 1.10 bits per heavy atom. The van der Waals surface area contributed by atoms with E-state index in [1.807, 2.05) is 0 Å². The average Bonchev–Trinajstić information content (AvgIpc) is 3.14. The van der Waals surface area contributed by atoms with E-state index in [0.29, 0.717) is 12.2 Å². The van der Waals surface area contributed by atoms with Gasteiger partial charge in [0, 0.05) is 31.1 Å². The number of nitrogens with zero attached hydrogens (tertiary/aromatic N) is 1. The molecule has 0 saturated heterocycles. The van der Waals surface area contributed by atoms with E-state index in [1.165, 1.54) is 12.3 Å². The lowest BCUT2D eigenvalue weighted by Crippen LogP contribution is -2.23. The highest BCUT2D eigenvalue weighted by atomic mass is 19.1. The van der Waals surface area contributed by atoms with Crippen molar-refractivity contribution in [1.82, 2.24) is 10.3 Å². The third kappa shape index (κ3) is 5.61. The number of nitrogens with two attached hydrogens (primary N) is 1. The van der Waals surface area contributed by atoms with Gasteiger partial charge >= 0.3 is 6.03 Å². The number of halogens is 2. The van der Waals surface area contributed by atoms with Crippen LogP contribution >= 0.6 is 0 Å². The lowest BCUT2D eigenvalue weighted by molar-refractivity contribution is -0.121. The van der Waals surface area contributed by atoms with E-state index in [9.17, 15) is 18.4 Å². The molecule has 0 fully saturated rings. The van der Waals surface area contributed by atoms with Crippen LogP contribution in [-0.4, -0.2) is 16.9 Å². The van der Waals surface area contributed by atoms with Crippen LogP contribution in [0.15, 0.2) is 53.1 Å². The smallest absolute Gasteiger partial charge is 0.316 e. The van der Waals surface area contributed by atoms with E-state index in [4.69, 9.17) is 10.2 Å². The Balaban J connectivity index is 1.48. The fraction of sp³-hybridized carbons (Fsp3) is 0.150. The Kier molecular flexibility index (Phi) is 6.18. The van der Waals surface area contributed by atoms with E-state index >= 15 is 0 Å². The lowest BCUT2D eigenvalue weighted by atomic mass is 10.2. The maximum atomic E-state index is 13.8. The number of nitrogens with one attached hydrogen (secondary N) is 2. The van der Waals surface area contributed by atoms with Crippen molar-refractivity contribution in [2.45, 2.75) is 19.4 Å². The van der Waals surface area contributed by atoms with E-state index in [-0.39, 0.29) is 36.0 Å². The minimum absolute atomic E-state index is 0.101. The Morgan fingerprint density at radius 2 is 1.86 bits per heavy atom. The van der Waals surface area contributed by atoms with Gasteiger partial charge in [0.2, 0.25) is 5.91 Å². The molecular weight excluding hydrogens is 382 g/mol. The minimum atomic E-state index is -0.748. The molecule has 4 N–H and O–H groups in total. The molecule has 0 bridgehead atoms. The standard InChI is InChI=1S/C20H18F2N4O3/c21-13-3-6-15(16(22)9-13)17-11-25-19(29-17)8-7-18(27)24-10-12-1-4-14(5-2-12)26-20(23)28/h1-6,9,11H,7-8,10H2,(H,24,27)(H3,23,26,28). The number of hydrogen-bond acceptors (Lipinski definition) is 4. The molecule has 2 aromatic carbocycles. The van der Waals surface area contributed by atoms with Gasteiger partial charge in [-0.1, -0.05) is 12.1 Å². The number of benzene rings is 2. The van der Waals surface area contributed by atoms with Crippen molar-refractivity contribution >= 4 is 17.6 Å². The van der Waals surface area contributed by atoms with Gasteiger partial charge in [0.1, 0.15) is 11.6 Å². The highest BCUT2D eigenvalue weighted by Crippen LogP contribution is 2.24. The first kappa shape index (κ1) is 20.0. The van der Waals surface area contributed by atoms with Gasteiger partial charge in [0.05, 0.1) is 11.8 Å². The molecule has 0 radical (unpaired) electrons. The minimum Gasteiger partial charge on any atom is -0.441 e. The molecule has 0 saturated carbocycles. The molecule has 0 aliphatic heterocycles. The number of anilines is 1. The molecule has 3 aromatic rings. The summed E-state index contributed by atoms with van der Waals surface area (Å²) in [5.74, 6) is -1.19. The molecule has 7 nitrogen and oxygen atoms in total. The summed E-state index contributed by atoms with van der Waals surface area (Å²) in [6.07, 6.45) is 1.70. The zero-order chi connectivity index (χ0) is 20.8. The first-order valence-electron chi connectivity index (χ1n) is 8.73. The van der Waals surface area contributed by atoms with Crippen molar-refractivity contribution in [2.24, 2.45) is 5.73 Å². The predicted molar refractivity (Wildman–Crippen MR) is 102 cm³/mol. The summed E-state index contributed by atoms with van der Waals surface area (Å²) in [7, 11) is 0. The van der Waals surface area contributed by atoms with Crippen LogP contribution < -0.4 is 16.4 Å². The number of urea groups is 1. The molecule has 9 heteroatoms. The number of amides is 3. The zero-order valence-corrected chi connectivity index (χ0v) is 15.2. The fourth-order valence-electron chi connectivity index (χ4n) is 2.60. The van der Waals surface area contributed by atoms with Crippen molar-refractivity contribution < 1.29 is 22.8 Å². The normalized spacial score (nSPS) is 10.6. The monoisotopic (exact) mass is 400 g/mol. The van der Waals surface area contributed by atoms with Crippen LogP contribution in [0.1, 0.15) is 17.9 Å². The van der Waals surface area contributed by atoms with Crippen LogP contribution in [0.25, 0.3) is 11.3 Å². The van der Waals surface area contributed by atoms with E-state index in [2.05, 4.69) is 15.6 Å². The number of hydrogen-bond donors (Lipinski definition) is 3. The van der Waals surface area contributed by atoms with Crippen molar-refractivity contribution in [1.29, 1.82) is 0 Å². The van der Waals surface area contributed by atoms with Crippen LogP contribution in [-0.2, 0) is 17.8 Å². The van der Waals surface area contributed by atoms with Crippen LogP contribution in [0.2, 0.25) is 0 Å². The molecule has 29 heavy (non-hydrogen) atoms. The van der Waals surface area contributed by atoms with Crippen LogP contribution in [0, 0.1) is 11.6 Å². The van der Waals surface area contributed by atoms with Gasteiger partial charge in [-0.2, -0.15) is 0 Å². The SMILES string of the molecule is NC(=O)Nc1ccc(CNC(=O)CCc2ncc(-c3ccc(F)cc3F)o2)cc1. The van der Waals surface area contributed by atoms with E-state index in [0.717, 1.165) is 17.7 Å². The maximum Gasteiger partial charge on any atom is 0.316 e. The van der Waals surface area contributed by atoms with Crippen molar-refractivity contribution in [3.05, 3.63) is 71.8 Å². The number of carbonyl (C=O) groups excluding carboxylic acids is 2. The number of carbonyl (C=O) groups is 2. The molecule has 0 atom stereocenters. The molecule has 0 unspecified atom stereocenters. The van der Waals surface area contributed by atoms with Gasteiger partial charge in [0.15, 0.2) is 11.7 Å². The largest absolute Gasteiger partial charge is 0.441 e.